The number of rotatable bonds is 4. The van der Waals surface area contributed by atoms with Gasteiger partial charge in [0.1, 0.15) is 0 Å². The molecule has 0 aromatic carbocycles. The second-order valence-corrected chi connectivity index (χ2v) is 1.91. The number of nitrogens with two attached hydrogens (primary N) is 1. The molecule has 3 N–H and O–H groups in total. The van der Waals surface area contributed by atoms with Crippen molar-refractivity contribution in [1.82, 2.24) is 5.32 Å². The van der Waals surface area contributed by atoms with Gasteiger partial charge in [0, 0.05) is 6.54 Å². The van der Waals surface area contributed by atoms with E-state index in [4.69, 9.17) is 5.73 Å². The number of carbonyl (C=O) groups excluding carboxylic acids is 1. The highest BCUT2D eigenvalue weighted by molar-refractivity contribution is 5.66. The van der Waals surface area contributed by atoms with E-state index in [0.29, 0.717) is 13.1 Å². The van der Waals surface area contributed by atoms with Crippen LogP contribution in [0.3, 0.4) is 0 Å². The first-order chi connectivity index (χ1) is 4.81. The quantitative estimate of drug-likeness (QED) is 0.552. The number of ether oxygens (including phenoxy) is 1. The van der Waals surface area contributed by atoms with Crippen LogP contribution in [0, 0.1) is 0 Å². The summed E-state index contributed by atoms with van der Waals surface area (Å²) >= 11 is 0. The third-order valence-electron chi connectivity index (χ3n) is 1.09. The predicted octanol–water partition coefficient (Wildman–Crippen LogP) is 0.0813. The van der Waals surface area contributed by atoms with Gasteiger partial charge in [-0.1, -0.05) is 0 Å². The van der Waals surface area contributed by atoms with Crippen molar-refractivity contribution < 1.29 is 9.53 Å². The van der Waals surface area contributed by atoms with Crippen molar-refractivity contribution in [3.8, 4) is 0 Å². The summed E-state index contributed by atoms with van der Waals surface area (Å²) in [6.45, 7) is 1.31. The summed E-state index contributed by atoms with van der Waals surface area (Å²) in [6.07, 6.45) is 1.47. The Morgan fingerprint density at radius 1 is 1.60 bits per heavy atom. The molecule has 0 heterocycles. The van der Waals surface area contributed by atoms with E-state index in [2.05, 4.69) is 10.1 Å². The molecule has 4 nitrogen and oxygen atoms in total. The first-order valence-corrected chi connectivity index (χ1v) is 3.33. The van der Waals surface area contributed by atoms with Gasteiger partial charge in [-0.05, 0) is 19.4 Å². The van der Waals surface area contributed by atoms with E-state index in [1.165, 1.54) is 7.11 Å². The van der Waals surface area contributed by atoms with Crippen molar-refractivity contribution in [2.24, 2.45) is 5.73 Å². The Morgan fingerprint density at radius 3 is 2.80 bits per heavy atom. The van der Waals surface area contributed by atoms with Gasteiger partial charge in [-0.2, -0.15) is 0 Å². The second-order valence-electron chi connectivity index (χ2n) is 1.91. The zero-order valence-electron chi connectivity index (χ0n) is 6.22. The second kappa shape index (κ2) is 6.35. The maximum atomic E-state index is 10.4. The highest BCUT2D eigenvalue weighted by atomic mass is 16.5. The summed E-state index contributed by atoms with van der Waals surface area (Å²) in [5, 5.41) is 2.55. The summed E-state index contributed by atoms with van der Waals surface area (Å²) in [6, 6.07) is 0. The standard InChI is InChI=1S/C6H14N2O2/c1-10-6(9)8-5-3-2-4-7/h2-5,7H2,1H3,(H,8,9). The van der Waals surface area contributed by atoms with Crippen molar-refractivity contribution in [3.63, 3.8) is 0 Å². The maximum absolute atomic E-state index is 10.4. The van der Waals surface area contributed by atoms with E-state index in [-0.39, 0.29) is 6.09 Å². The van der Waals surface area contributed by atoms with Crippen LogP contribution in [-0.4, -0.2) is 26.3 Å². The van der Waals surface area contributed by atoms with Gasteiger partial charge in [0.2, 0.25) is 0 Å². The van der Waals surface area contributed by atoms with Crippen molar-refractivity contribution >= 4 is 6.09 Å². The molecule has 0 radical (unpaired) electrons. The third-order valence-corrected chi connectivity index (χ3v) is 1.09. The Hall–Kier alpha value is -0.770. The minimum Gasteiger partial charge on any atom is -0.453 e. The topological polar surface area (TPSA) is 64.3 Å². The van der Waals surface area contributed by atoms with E-state index in [1.54, 1.807) is 0 Å². The zero-order chi connectivity index (χ0) is 7.82. The first kappa shape index (κ1) is 9.23. The fourth-order valence-electron chi connectivity index (χ4n) is 0.532. The molecular weight excluding hydrogens is 132 g/mol. The molecule has 60 valence electrons. The van der Waals surface area contributed by atoms with Gasteiger partial charge >= 0.3 is 6.09 Å². The SMILES string of the molecule is COC(=O)NCCCCN. The summed E-state index contributed by atoms with van der Waals surface area (Å²) in [5.74, 6) is 0. The highest BCUT2D eigenvalue weighted by Gasteiger charge is 1.94. The molecular formula is C6H14N2O2. The van der Waals surface area contributed by atoms with E-state index < -0.39 is 0 Å². The van der Waals surface area contributed by atoms with Gasteiger partial charge in [-0.25, -0.2) is 4.79 Å². The number of unbranched alkanes of at least 4 members (excludes halogenated alkanes) is 1. The van der Waals surface area contributed by atoms with E-state index in [1.807, 2.05) is 0 Å². The molecule has 0 spiro atoms. The van der Waals surface area contributed by atoms with Crippen LogP contribution < -0.4 is 11.1 Å². The number of methoxy groups -OCH3 is 1. The van der Waals surface area contributed by atoms with Gasteiger partial charge in [0.15, 0.2) is 0 Å². The molecule has 0 fully saturated rings. The van der Waals surface area contributed by atoms with Crippen LogP contribution in [-0.2, 0) is 4.74 Å². The van der Waals surface area contributed by atoms with Gasteiger partial charge in [0.05, 0.1) is 7.11 Å². The summed E-state index contributed by atoms with van der Waals surface area (Å²) in [7, 11) is 1.35. The molecule has 0 atom stereocenters. The third kappa shape index (κ3) is 5.37. The lowest BCUT2D eigenvalue weighted by molar-refractivity contribution is 0.171. The molecule has 0 aliphatic rings. The number of nitrogens with one attached hydrogen (secondary N) is 1. The van der Waals surface area contributed by atoms with E-state index in [9.17, 15) is 4.79 Å². The largest absolute Gasteiger partial charge is 0.453 e. The van der Waals surface area contributed by atoms with E-state index >= 15 is 0 Å². The minimum absolute atomic E-state index is 0.378. The van der Waals surface area contributed by atoms with Gasteiger partial charge in [-0.15, -0.1) is 0 Å². The van der Waals surface area contributed by atoms with Crippen molar-refractivity contribution in [2.75, 3.05) is 20.2 Å². The molecule has 0 rings (SSSR count). The molecule has 10 heavy (non-hydrogen) atoms. The van der Waals surface area contributed by atoms with Crippen LogP contribution in [0.5, 0.6) is 0 Å². The molecule has 0 aliphatic carbocycles. The van der Waals surface area contributed by atoms with Gasteiger partial charge in [0.25, 0.3) is 0 Å². The molecule has 4 heteroatoms. The molecule has 0 saturated carbocycles. The van der Waals surface area contributed by atoms with Crippen molar-refractivity contribution in [2.45, 2.75) is 12.8 Å². The molecule has 0 unspecified atom stereocenters. The van der Waals surface area contributed by atoms with Crippen LogP contribution in [0.1, 0.15) is 12.8 Å². The monoisotopic (exact) mass is 146 g/mol. The van der Waals surface area contributed by atoms with Crippen LogP contribution in [0.15, 0.2) is 0 Å². The molecule has 0 aliphatic heterocycles. The Kier molecular flexibility index (Phi) is 5.86. The summed E-state index contributed by atoms with van der Waals surface area (Å²) in [4.78, 5) is 10.4. The fourth-order valence-corrected chi connectivity index (χ4v) is 0.532. The summed E-state index contributed by atoms with van der Waals surface area (Å²) in [5.41, 5.74) is 5.23. The number of hydrogen-bond acceptors (Lipinski definition) is 3. The molecule has 0 saturated heterocycles. The number of hydrogen-bond donors (Lipinski definition) is 2. The fraction of sp³-hybridized carbons (Fsp3) is 0.833. The lowest BCUT2D eigenvalue weighted by Crippen LogP contribution is -2.24. The lowest BCUT2D eigenvalue weighted by Gasteiger charge is -2.00. The van der Waals surface area contributed by atoms with Gasteiger partial charge in [-0.3, -0.25) is 0 Å². The number of amides is 1. The average Bonchev–Trinajstić information content (AvgIpc) is 1.98. The average molecular weight is 146 g/mol. The normalized spacial score (nSPS) is 9.00. The predicted molar refractivity (Wildman–Crippen MR) is 38.7 cm³/mol. The summed E-state index contributed by atoms with van der Waals surface area (Å²) < 4.78 is 4.35. The Labute approximate surface area is 60.7 Å². The minimum atomic E-state index is -0.378. The lowest BCUT2D eigenvalue weighted by atomic mass is 10.3. The zero-order valence-corrected chi connectivity index (χ0v) is 6.22. The first-order valence-electron chi connectivity index (χ1n) is 3.33. The molecule has 0 bridgehead atoms. The number of alkyl carbamates (subject to hydrolysis) is 1. The Morgan fingerprint density at radius 2 is 2.30 bits per heavy atom. The van der Waals surface area contributed by atoms with Crippen LogP contribution in [0.4, 0.5) is 4.79 Å². The highest BCUT2D eigenvalue weighted by Crippen LogP contribution is 1.82. The number of carbonyl (C=O) groups is 1. The van der Waals surface area contributed by atoms with Crippen LogP contribution >= 0.6 is 0 Å². The van der Waals surface area contributed by atoms with Gasteiger partial charge < -0.3 is 15.8 Å². The maximum Gasteiger partial charge on any atom is 0.406 e. The van der Waals surface area contributed by atoms with Crippen molar-refractivity contribution in [3.05, 3.63) is 0 Å². The molecule has 0 aromatic heterocycles. The van der Waals surface area contributed by atoms with E-state index in [0.717, 1.165) is 12.8 Å². The Bertz CT molecular complexity index is 95.7. The van der Waals surface area contributed by atoms with Crippen LogP contribution in [0.25, 0.3) is 0 Å². The van der Waals surface area contributed by atoms with Crippen LogP contribution in [0.2, 0.25) is 0 Å². The molecule has 0 aromatic rings. The van der Waals surface area contributed by atoms with Crippen molar-refractivity contribution in [1.29, 1.82) is 0 Å². The smallest absolute Gasteiger partial charge is 0.406 e. The Balaban J connectivity index is 2.96. The molecule has 1 amide bonds.